The van der Waals surface area contributed by atoms with Crippen LogP contribution in [0.2, 0.25) is 0 Å². The molecule has 0 amide bonds. The van der Waals surface area contributed by atoms with Crippen LogP contribution < -0.4 is 18.9 Å². The predicted octanol–water partition coefficient (Wildman–Crippen LogP) is 9.88. The topological polar surface area (TPSA) is 77.5 Å². The number of piperidine rings is 1. The van der Waals surface area contributed by atoms with Gasteiger partial charge in [0.05, 0.1) is 19.8 Å². The Labute approximate surface area is 333 Å². The predicted molar refractivity (Wildman–Crippen MR) is 223 cm³/mol. The van der Waals surface area contributed by atoms with Crippen molar-refractivity contribution in [1.29, 1.82) is 0 Å². The second kappa shape index (κ2) is 19.5. The first kappa shape index (κ1) is 39.6. The Morgan fingerprint density at radius 3 is 1.16 bits per heavy atom. The summed E-state index contributed by atoms with van der Waals surface area (Å²) in [6.07, 6.45) is 11.7. The summed E-state index contributed by atoms with van der Waals surface area (Å²) in [6, 6.07) is 23.1. The first-order chi connectivity index (χ1) is 27.6. The van der Waals surface area contributed by atoms with Crippen molar-refractivity contribution in [3.05, 3.63) is 95.1 Å². The van der Waals surface area contributed by atoms with Gasteiger partial charge in [0, 0.05) is 57.6 Å². The molecule has 8 nitrogen and oxygen atoms in total. The van der Waals surface area contributed by atoms with Crippen molar-refractivity contribution in [3.63, 3.8) is 0 Å². The maximum Gasteiger partial charge on any atom is 0.194 e. The average molecular weight is 759 g/mol. The van der Waals surface area contributed by atoms with Crippen molar-refractivity contribution in [1.82, 2.24) is 9.80 Å². The van der Waals surface area contributed by atoms with Crippen LogP contribution in [0.15, 0.2) is 72.8 Å². The van der Waals surface area contributed by atoms with Crippen molar-refractivity contribution in [2.24, 2.45) is 0 Å². The van der Waals surface area contributed by atoms with E-state index in [-0.39, 0.29) is 11.6 Å². The fourth-order valence-electron chi connectivity index (χ4n) is 8.28. The van der Waals surface area contributed by atoms with E-state index >= 15 is 0 Å². The molecule has 56 heavy (non-hydrogen) atoms. The molecule has 2 heterocycles. The molecule has 4 aromatic rings. The maximum absolute atomic E-state index is 12.9. The van der Waals surface area contributed by atoms with E-state index in [1.807, 2.05) is 72.8 Å². The Hall–Kier alpha value is -4.66. The summed E-state index contributed by atoms with van der Waals surface area (Å²) in [5, 5.41) is 0. The van der Waals surface area contributed by atoms with Crippen molar-refractivity contribution < 1.29 is 28.5 Å². The monoisotopic (exact) mass is 758 g/mol. The molecule has 296 valence electrons. The summed E-state index contributed by atoms with van der Waals surface area (Å²) in [6.45, 7) is 13.7. The van der Waals surface area contributed by atoms with E-state index in [9.17, 15) is 9.59 Å². The number of rotatable bonds is 17. The molecular weight excluding hydrogens is 701 g/mol. The number of ether oxygens (including phenoxy) is 4. The number of hydrogen-bond donors (Lipinski definition) is 0. The largest absolute Gasteiger partial charge is 0.493 e. The van der Waals surface area contributed by atoms with E-state index < -0.39 is 0 Å². The van der Waals surface area contributed by atoms with Gasteiger partial charge >= 0.3 is 0 Å². The van der Waals surface area contributed by atoms with Crippen LogP contribution in [-0.4, -0.2) is 87.1 Å². The molecule has 2 aliphatic heterocycles. The molecule has 0 radical (unpaired) electrons. The molecule has 0 unspecified atom stereocenters. The number of ketones is 2. The molecule has 0 saturated carbocycles. The van der Waals surface area contributed by atoms with Gasteiger partial charge in [0.25, 0.3) is 0 Å². The number of likely N-dealkylation sites (tertiary alicyclic amines) is 2. The molecule has 2 saturated heterocycles. The number of benzene rings is 4. The summed E-state index contributed by atoms with van der Waals surface area (Å²) >= 11 is 0. The van der Waals surface area contributed by atoms with Crippen molar-refractivity contribution in [2.45, 2.75) is 78.1 Å². The normalized spacial score (nSPS) is 15.8. The van der Waals surface area contributed by atoms with Gasteiger partial charge in [0.2, 0.25) is 0 Å². The van der Waals surface area contributed by atoms with Gasteiger partial charge in [-0.15, -0.1) is 0 Å². The van der Waals surface area contributed by atoms with Crippen LogP contribution in [0.25, 0.3) is 22.3 Å². The van der Waals surface area contributed by atoms with Crippen LogP contribution in [0.3, 0.4) is 0 Å². The highest BCUT2D eigenvalue weighted by Gasteiger charge is 2.33. The Balaban J connectivity index is 0.000000172. The molecule has 0 spiro atoms. The molecule has 8 heteroatoms. The van der Waals surface area contributed by atoms with Crippen LogP contribution in [0.1, 0.15) is 110 Å². The Morgan fingerprint density at radius 2 is 0.768 bits per heavy atom. The van der Waals surface area contributed by atoms with Crippen LogP contribution in [0.4, 0.5) is 0 Å². The molecular formula is C48H58N2O6. The number of carbonyl (C=O) groups is 2. The van der Waals surface area contributed by atoms with E-state index in [1.165, 1.54) is 45.2 Å². The molecule has 0 bridgehead atoms. The van der Waals surface area contributed by atoms with E-state index in [2.05, 4.69) is 23.6 Å². The molecule has 4 aliphatic rings. The van der Waals surface area contributed by atoms with Gasteiger partial charge in [-0.25, -0.2) is 0 Å². The lowest BCUT2D eigenvalue weighted by atomic mass is 10.0. The quantitative estimate of drug-likeness (QED) is 0.0852. The minimum atomic E-state index is 0.0624. The smallest absolute Gasteiger partial charge is 0.194 e. The standard InChI is InChI=1S/2C24H29NO3/c1-2-3-16-27-20-11-6-9-18-22(20)23-19(24(18)26)10-7-12-21(23)28-17-8-15-25-13-4-5-14-25;1-2-3-16-27-20-11-7-9-18-22(20)23-19(24(18)26)10-8-12-21(23)28-17-15-25-13-5-4-6-14-25/h6-7,9-12H,2-5,8,13-17H2,1H3;7-12H,2-6,13-17H2,1H3. The third-order valence-corrected chi connectivity index (χ3v) is 11.3. The molecule has 0 aromatic heterocycles. The van der Waals surface area contributed by atoms with Gasteiger partial charge < -0.3 is 23.8 Å². The second-order valence-electron chi connectivity index (χ2n) is 15.3. The molecule has 4 aromatic carbocycles. The molecule has 8 rings (SSSR count). The Bertz CT molecular complexity index is 1960. The average Bonchev–Trinajstić information content (AvgIpc) is 3.94. The SMILES string of the molecule is CCCCOc1cccc2c1-c1c(OCCCN3CCCC3)cccc1C2=O.CCCCOc1cccc2c1-c1c(OCCN3CCCCC3)cccc1C2=O. The molecule has 0 atom stereocenters. The summed E-state index contributed by atoms with van der Waals surface area (Å²) in [5.41, 5.74) is 6.47. The fraction of sp³-hybridized carbons (Fsp3) is 0.458. The third-order valence-electron chi connectivity index (χ3n) is 11.3. The summed E-state index contributed by atoms with van der Waals surface area (Å²) in [4.78, 5) is 30.8. The Morgan fingerprint density at radius 1 is 0.429 bits per heavy atom. The van der Waals surface area contributed by atoms with Crippen LogP contribution >= 0.6 is 0 Å². The van der Waals surface area contributed by atoms with Gasteiger partial charge in [-0.05, 0) is 95.4 Å². The van der Waals surface area contributed by atoms with Crippen LogP contribution in [0, 0.1) is 0 Å². The molecule has 2 fully saturated rings. The zero-order valence-electron chi connectivity index (χ0n) is 33.4. The maximum atomic E-state index is 12.9. The van der Waals surface area contributed by atoms with E-state index in [1.54, 1.807) is 0 Å². The van der Waals surface area contributed by atoms with Crippen molar-refractivity contribution in [2.75, 3.05) is 65.7 Å². The Kier molecular flexibility index (Phi) is 13.8. The highest BCUT2D eigenvalue weighted by atomic mass is 16.5. The number of fused-ring (bicyclic) bond motifs is 6. The van der Waals surface area contributed by atoms with Gasteiger partial charge in [0.15, 0.2) is 11.6 Å². The number of hydrogen-bond acceptors (Lipinski definition) is 8. The number of unbranched alkanes of at least 4 members (excludes halogenated alkanes) is 2. The van der Waals surface area contributed by atoms with Gasteiger partial charge in [-0.1, -0.05) is 81.6 Å². The van der Waals surface area contributed by atoms with E-state index in [4.69, 9.17) is 18.9 Å². The zero-order chi connectivity index (χ0) is 38.7. The lowest BCUT2D eigenvalue weighted by Crippen LogP contribution is -2.33. The first-order valence-corrected chi connectivity index (χ1v) is 21.2. The molecule has 2 aliphatic carbocycles. The minimum Gasteiger partial charge on any atom is -0.493 e. The lowest BCUT2D eigenvalue weighted by Gasteiger charge is -2.26. The number of nitrogens with zero attached hydrogens (tertiary/aromatic N) is 2. The summed E-state index contributed by atoms with van der Waals surface area (Å²) in [5.74, 6) is 3.27. The number of carbonyl (C=O) groups excluding carboxylic acids is 2. The first-order valence-electron chi connectivity index (χ1n) is 21.2. The van der Waals surface area contributed by atoms with E-state index in [0.29, 0.717) is 26.4 Å². The zero-order valence-corrected chi connectivity index (χ0v) is 33.4. The molecule has 0 N–H and O–H groups in total. The lowest BCUT2D eigenvalue weighted by molar-refractivity contribution is 0.103. The summed E-state index contributed by atoms with van der Waals surface area (Å²) < 4.78 is 24.4. The highest BCUT2D eigenvalue weighted by molar-refractivity contribution is 6.24. The second-order valence-corrected chi connectivity index (χ2v) is 15.3. The summed E-state index contributed by atoms with van der Waals surface area (Å²) in [7, 11) is 0. The van der Waals surface area contributed by atoms with Crippen molar-refractivity contribution in [3.8, 4) is 45.3 Å². The third kappa shape index (κ3) is 8.98. The van der Waals surface area contributed by atoms with Gasteiger partial charge in [-0.2, -0.15) is 0 Å². The van der Waals surface area contributed by atoms with Crippen LogP contribution in [-0.2, 0) is 0 Å². The van der Waals surface area contributed by atoms with E-state index in [0.717, 1.165) is 126 Å². The fourth-order valence-corrected chi connectivity index (χ4v) is 8.28. The van der Waals surface area contributed by atoms with Gasteiger partial charge in [0.1, 0.15) is 29.6 Å². The van der Waals surface area contributed by atoms with Gasteiger partial charge in [-0.3, -0.25) is 14.5 Å². The highest BCUT2D eigenvalue weighted by Crippen LogP contribution is 2.48. The minimum absolute atomic E-state index is 0.0624. The van der Waals surface area contributed by atoms with Crippen molar-refractivity contribution >= 4 is 11.6 Å². The van der Waals surface area contributed by atoms with Crippen LogP contribution in [0.5, 0.6) is 23.0 Å².